The average Bonchev–Trinajstić information content (AvgIpc) is 2.18. The highest BCUT2D eigenvalue weighted by Crippen LogP contribution is 2.51. The summed E-state index contributed by atoms with van der Waals surface area (Å²) >= 11 is 0. The van der Waals surface area contributed by atoms with E-state index in [1.165, 1.54) is 6.42 Å². The lowest BCUT2D eigenvalue weighted by molar-refractivity contribution is -0.161. The van der Waals surface area contributed by atoms with Crippen LogP contribution in [0.1, 0.15) is 59.3 Å². The van der Waals surface area contributed by atoms with Crippen LogP contribution in [0.2, 0.25) is 0 Å². The standard InChI is InChI=1S/C12H22O2.ClH/c1-4-11(2,3)12(10(13)14)8-6-5-7-9-12;/h4-9H2,1-3H3,(H,13,14);1H. The van der Waals surface area contributed by atoms with Gasteiger partial charge in [0.1, 0.15) is 0 Å². The van der Waals surface area contributed by atoms with Crippen LogP contribution in [-0.4, -0.2) is 11.1 Å². The van der Waals surface area contributed by atoms with Crippen molar-refractivity contribution in [3.63, 3.8) is 0 Å². The summed E-state index contributed by atoms with van der Waals surface area (Å²) in [7, 11) is 0. The third kappa shape index (κ3) is 2.47. The molecule has 1 rings (SSSR count). The molecular weight excluding hydrogens is 212 g/mol. The van der Waals surface area contributed by atoms with Crippen molar-refractivity contribution >= 4 is 18.4 Å². The van der Waals surface area contributed by atoms with Gasteiger partial charge in [-0.05, 0) is 24.7 Å². The molecule has 15 heavy (non-hydrogen) atoms. The Morgan fingerprint density at radius 2 is 1.73 bits per heavy atom. The van der Waals surface area contributed by atoms with E-state index in [0.29, 0.717) is 0 Å². The van der Waals surface area contributed by atoms with E-state index in [0.717, 1.165) is 32.1 Å². The summed E-state index contributed by atoms with van der Waals surface area (Å²) in [5.41, 5.74) is -0.529. The van der Waals surface area contributed by atoms with Crippen LogP contribution < -0.4 is 0 Å². The quantitative estimate of drug-likeness (QED) is 0.805. The fourth-order valence-corrected chi connectivity index (χ4v) is 2.67. The Bertz CT molecular complexity index is 218. The van der Waals surface area contributed by atoms with Crippen LogP contribution in [0.25, 0.3) is 0 Å². The van der Waals surface area contributed by atoms with Crippen LogP contribution in [0.3, 0.4) is 0 Å². The maximum Gasteiger partial charge on any atom is 0.310 e. The first-order valence-corrected chi connectivity index (χ1v) is 5.70. The van der Waals surface area contributed by atoms with Crippen molar-refractivity contribution in [2.24, 2.45) is 10.8 Å². The lowest BCUT2D eigenvalue weighted by atomic mass is 9.57. The van der Waals surface area contributed by atoms with Crippen LogP contribution in [0.4, 0.5) is 0 Å². The van der Waals surface area contributed by atoms with Gasteiger partial charge in [-0.25, -0.2) is 0 Å². The smallest absolute Gasteiger partial charge is 0.310 e. The summed E-state index contributed by atoms with van der Waals surface area (Å²) in [4.78, 5) is 11.5. The van der Waals surface area contributed by atoms with Gasteiger partial charge in [-0.2, -0.15) is 0 Å². The first-order valence-electron chi connectivity index (χ1n) is 5.70. The summed E-state index contributed by atoms with van der Waals surface area (Å²) in [6, 6.07) is 0. The molecule has 0 aliphatic heterocycles. The normalized spacial score (nSPS) is 20.5. The summed E-state index contributed by atoms with van der Waals surface area (Å²) < 4.78 is 0. The van der Waals surface area contributed by atoms with E-state index < -0.39 is 11.4 Å². The van der Waals surface area contributed by atoms with Crippen molar-refractivity contribution in [2.75, 3.05) is 0 Å². The molecule has 0 aromatic heterocycles. The highest BCUT2D eigenvalue weighted by atomic mass is 35.5. The molecule has 0 amide bonds. The molecule has 3 heteroatoms. The SMILES string of the molecule is CCC(C)(C)C1(C(=O)O)CCCCC1.Cl. The minimum atomic E-state index is -0.580. The summed E-state index contributed by atoms with van der Waals surface area (Å²) in [5, 5.41) is 9.46. The van der Waals surface area contributed by atoms with Crippen LogP contribution >= 0.6 is 12.4 Å². The third-order valence-electron chi connectivity index (χ3n) is 4.30. The topological polar surface area (TPSA) is 37.3 Å². The van der Waals surface area contributed by atoms with Crippen LogP contribution in [0, 0.1) is 10.8 Å². The highest BCUT2D eigenvalue weighted by Gasteiger charge is 2.50. The van der Waals surface area contributed by atoms with Gasteiger partial charge in [0.25, 0.3) is 0 Å². The number of hydrogen-bond acceptors (Lipinski definition) is 1. The van der Waals surface area contributed by atoms with Crippen molar-refractivity contribution in [2.45, 2.75) is 59.3 Å². The Labute approximate surface area is 98.9 Å². The number of hydrogen-bond donors (Lipinski definition) is 1. The first-order chi connectivity index (χ1) is 6.46. The largest absolute Gasteiger partial charge is 0.481 e. The predicted octanol–water partition coefficient (Wildman–Crippen LogP) is 3.88. The number of rotatable bonds is 3. The highest BCUT2D eigenvalue weighted by molar-refractivity contribution is 5.85. The molecule has 0 aromatic rings. The molecule has 2 nitrogen and oxygen atoms in total. The number of halogens is 1. The summed E-state index contributed by atoms with van der Waals surface area (Å²) in [5.74, 6) is -0.580. The van der Waals surface area contributed by atoms with E-state index in [-0.39, 0.29) is 17.8 Å². The zero-order chi connectivity index (χ0) is 10.8. The lowest BCUT2D eigenvalue weighted by Gasteiger charge is -2.45. The fourth-order valence-electron chi connectivity index (χ4n) is 2.67. The van der Waals surface area contributed by atoms with Gasteiger partial charge in [0.15, 0.2) is 0 Å². The molecule has 0 bridgehead atoms. The van der Waals surface area contributed by atoms with Crippen LogP contribution in [-0.2, 0) is 4.79 Å². The molecule has 0 atom stereocenters. The van der Waals surface area contributed by atoms with Gasteiger partial charge in [-0.1, -0.05) is 40.0 Å². The molecular formula is C12H23ClO2. The van der Waals surface area contributed by atoms with Gasteiger partial charge in [0.05, 0.1) is 5.41 Å². The van der Waals surface area contributed by atoms with E-state index in [9.17, 15) is 9.90 Å². The maximum absolute atomic E-state index is 11.5. The number of aliphatic carboxylic acids is 1. The van der Waals surface area contributed by atoms with E-state index in [4.69, 9.17) is 0 Å². The predicted molar refractivity (Wildman–Crippen MR) is 64.5 cm³/mol. The molecule has 1 aliphatic carbocycles. The molecule has 1 aliphatic rings. The number of carboxylic acids is 1. The molecule has 0 spiro atoms. The van der Waals surface area contributed by atoms with E-state index >= 15 is 0 Å². The maximum atomic E-state index is 11.5. The van der Waals surface area contributed by atoms with E-state index in [1.807, 2.05) is 0 Å². The lowest BCUT2D eigenvalue weighted by Crippen LogP contribution is -2.45. The van der Waals surface area contributed by atoms with Crippen molar-refractivity contribution in [3.05, 3.63) is 0 Å². The van der Waals surface area contributed by atoms with E-state index in [2.05, 4.69) is 20.8 Å². The molecule has 0 unspecified atom stereocenters. The zero-order valence-electron chi connectivity index (χ0n) is 10.0. The second-order valence-corrected chi connectivity index (χ2v) is 5.19. The van der Waals surface area contributed by atoms with E-state index in [1.54, 1.807) is 0 Å². The monoisotopic (exact) mass is 234 g/mol. The summed E-state index contributed by atoms with van der Waals surface area (Å²) in [6.07, 6.45) is 6.03. The Kier molecular flexibility index (Phi) is 5.12. The Hall–Kier alpha value is -0.240. The van der Waals surface area contributed by atoms with Gasteiger partial charge in [0.2, 0.25) is 0 Å². The van der Waals surface area contributed by atoms with Crippen molar-refractivity contribution < 1.29 is 9.90 Å². The average molecular weight is 235 g/mol. The van der Waals surface area contributed by atoms with Crippen molar-refractivity contribution in [1.82, 2.24) is 0 Å². The Balaban J connectivity index is 0.00000196. The number of carbonyl (C=O) groups is 1. The van der Waals surface area contributed by atoms with Crippen LogP contribution in [0.15, 0.2) is 0 Å². The Morgan fingerprint density at radius 1 is 1.27 bits per heavy atom. The van der Waals surface area contributed by atoms with Gasteiger partial charge in [0, 0.05) is 0 Å². The molecule has 0 heterocycles. The Morgan fingerprint density at radius 3 is 2.07 bits per heavy atom. The minimum Gasteiger partial charge on any atom is -0.481 e. The van der Waals surface area contributed by atoms with Crippen molar-refractivity contribution in [3.8, 4) is 0 Å². The molecule has 1 saturated carbocycles. The molecule has 1 fully saturated rings. The second-order valence-electron chi connectivity index (χ2n) is 5.19. The molecule has 90 valence electrons. The molecule has 0 saturated heterocycles. The zero-order valence-corrected chi connectivity index (χ0v) is 10.8. The molecule has 1 N–H and O–H groups in total. The fraction of sp³-hybridized carbons (Fsp3) is 0.917. The number of carboxylic acid groups (broad SMARTS) is 1. The minimum absolute atomic E-state index is 0. The van der Waals surface area contributed by atoms with Gasteiger partial charge < -0.3 is 5.11 Å². The molecule has 0 aromatic carbocycles. The first kappa shape index (κ1) is 14.8. The van der Waals surface area contributed by atoms with Gasteiger partial charge >= 0.3 is 5.97 Å². The third-order valence-corrected chi connectivity index (χ3v) is 4.30. The van der Waals surface area contributed by atoms with Gasteiger partial charge in [-0.15, -0.1) is 12.4 Å². The summed E-state index contributed by atoms with van der Waals surface area (Å²) in [6.45, 7) is 6.30. The molecule has 0 radical (unpaired) electrons. The van der Waals surface area contributed by atoms with Gasteiger partial charge in [-0.3, -0.25) is 4.79 Å². The van der Waals surface area contributed by atoms with Crippen molar-refractivity contribution in [1.29, 1.82) is 0 Å². The second kappa shape index (κ2) is 5.20. The van der Waals surface area contributed by atoms with Crippen LogP contribution in [0.5, 0.6) is 0 Å².